The molecule has 0 saturated carbocycles. The topological polar surface area (TPSA) is 78.4 Å². The Morgan fingerprint density at radius 2 is 2.28 bits per heavy atom. The van der Waals surface area contributed by atoms with Gasteiger partial charge in [-0.25, -0.2) is 0 Å². The van der Waals surface area contributed by atoms with E-state index in [1.54, 1.807) is 0 Å². The second-order valence-electron chi connectivity index (χ2n) is 4.18. The van der Waals surface area contributed by atoms with Gasteiger partial charge in [0.05, 0.1) is 10.6 Å². The fraction of sp³-hybridized carbons (Fsp3) is 0.333. The highest BCUT2D eigenvalue weighted by Gasteiger charge is 2.21. The summed E-state index contributed by atoms with van der Waals surface area (Å²) in [5.41, 5.74) is 0.230. The lowest BCUT2D eigenvalue weighted by atomic mass is 10.1. The summed E-state index contributed by atoms with van der Waals surface area (Å²) in [6.45, 7) is 0.418. The van der Waals surface area contributed by atoms with Crippen molar-refractivity contribution in [1.82, 2.24) is 10.6 Å². The Balaban J connectivity index is 2.03. The first kappa shape index (κ1) is 12.7. The molecule has 3 N–H and O–H groups in total. The Hall–Kier alpha value is -1.75. The number of rotatable bonds is 2. The van der Waals surface area contributed by atoms with E-state index in [4.69, 9.17) is 11.6 Å². The highest BCUT2D eigenvalue weighted by Crippen LogP contribution is 2.21. The Kier molecular flexibility index (Phi) is 3.72. The third-order valence-corrected chi connectivity index (χ3v) is 3.12. The van der Waals surface area contributed by atoms with E-state index < -0.39 is 0 Å². The Bertz CT molecular complexity index is 480. The van der Waals surface area contributed by atoms with Crippen molar-refractivity contribution >= 4 is 23.4 Å². The summed E-state index contributed by atoms with van der Waals surface area (Å²) in [7, 11) is 0. The zero-order valence-electron chi connectivity index (χ0n) is 9.57. The quantitative estimate of drug-likeness (QED) is 0.750. The molecular weight excluding hydrogens is 256 g/mol. The molecule has 96 valence electrons. The molecule has 6 heteroatoms. The average molecular weight is 269 g/mol. The molecule has 1 heterocycles. The minimum atomic E-state index is -0.350. The third kappa shape index (κ3) is 2.92. The molecule has 2 amide bonds. The monoisotopic (exact) mass is 268 g/mol. The lowest BCUT2D eigenvalue weighted by Gasteiger charge is -2.23. The number of hydrogen-bond acceptors (Lipinski definition) is 3. The first-order valence-corrected chi connectivity index (χ1v) is 6.00. The van der Waals surface area contributed by atoms with Crippen LogP contribution in [0.5, 0.6) is 5.75 Å². The van der Waals surface area contributed by atoms with Crippen molar-refractivity contribution < 1.29 is 14.7 Å². The molecule has 1 atom stereocenters. The van der Waals surface area contributed by atoms with Gasteiger partial charge in [0.15, 0.2) is 0 Å². The van der Waals surface area contributed by atoms with Crippen LogP contribution in [0.2, 0.25) is 5.02 Å². The lowest BCUT2D eigenvalue weighted by molar-refractivity contribution is -0.122. The van der Waals surface area contributed by atoms with Gasteiger partial charge in [-0.05, 0) is 24.6 Å². The predicted molar refractivity (Wildman–Crippen MR) is 66.6 cm³/mol. The van der Waals surface area contributed by atoms with Crippen LogP contribution in [0.1, 0.15) is 23.2 Å². The second kappa shape index (κ2) is 5.27. The number of phenolic OH excluding ortho intramolecular Hbond substituents is 1. The van der Waals surface area contributed by atoms with E-state index in [1.807, 2.05) is 0 Å². The standard InChI is InChI=1S/C12H13ClN2O3/c13-10-3-2-8(16)5-9(10)12(18)15-7-1-4-11(17)14-6-7/h2-3,5,7,16H,1,4,6H2,(H,14,17)(H,15,18). The number of piperidine rings is 1. The number of phenols is 1. The van der Waals surface area contributed by atoms with Gasteiger partial charge in [-0.15, -0.1) is 0 Å². The molecule has 1 aliphatic heterocycles. The number of nitrogens with one attached hydrogen (secondary N) is 2. The summed E-state index contributed by atoms with van der Waals surface area (Å²) in [6.07, 6.45) is 1.01. The van der Waals surface area contributed by atoms with Gasteiger partial charge in [0.2, 0.25) is 5.91 Å². The van der Waals surface area contributed by atoms with E-state index in [0.29, 0.717) is 19.4 Å². The van der Waals surface area contributed by atoms with E-state index in [1.165, 1.54) is 18.2 Å². The maximum absolute atomic E-state index is 11.9. The van der Waals surface area contributed by atoms with Gasteiger partial charge in [0, 0.05) is 19.0 Å². The van der Waals surface area contributed by atoms with Gasteiger partial charge in [0.25, 0.3) is 5.91 Å². The molecule has 1 aliphatic rings. The SMILES string of the molecule is O=C1CCC(NC(=O)c2cc(O)ccc2Cl)CN1. The lowest BCUT2D eigenvalue weighted by Crippen LogP contribution is -2.47. The van der Waals surface area contributed by atoms with Crippen LogP contribution >= 0.6 is 11.6 Å². The Morgan fingerprint density at radius 3 is 2.94 bits per heavy atom. The van der Waals surface area contributed by atoms with Gasteiger partial charge in [-0.2, -0.15) is 0 Å². The third-order valence-electron chi connectivity index (χ3n) is 2.80. The summed E-state index contributed by atoms with van der Waals surface area (Å²) >= 11 is 5.89. The van der Waals surface area contributed by atoms with Crippen molar-refractivity contribution in [3.8, 4) is 5.75 Å². The highest BCUT2D eigenvalue weighted by molar-refractivity contribution is 6.33. The maximum atomic E-state index is 11.9. The number of halogens is 1. The fourth-order valence-electron chi connectivity index (χ4n) is 1.81. The molecule has 0 radical (unpaired) electrons. The van der Waals surface area contributed by atoms with E-state index in [9.17, 15) is 14.7 Å². The minimum absolute atomic E-state index is 0.00381. The minimum Gasteiger partial charge on any atom is -0.508 e. The molecule has 1 saturated heterocycles. The van der Waals surface area contributed by atoms with E-state index in [0.717, 1.165) is 0 Å². The molecule has 2 rings (SSSR count). The molecule has 0 bridgehead atoms. The zero-order valence-corrected chi connectivity index (χ0v) is 10.3. The molecule has 0 spiro atoms. The Morgan fingerprint density at radius 1 is 1.50 bits per heavy atom. The molecule has 0 aromatic heterocycles. The van der Waals surface area contributed by atoms with Crippen LogP contribution in [0.3, 0.4) is 0 Å². The van der Waals surface area contributed by atoms with Gasteiger partial charge in [0.1, 0.15) is 5.75 Å². The van der Waals surface area contributed by atoms with Crippen molar-refractivity contribution in [2.45, 2.75) is 18.9 Å². The summed E-state index contributed by atoms with van der Waals surface area (Å²) in [4.78, 5) is 22.9. The van der Waals surface area contributed by atoms with Crippen molar-refractivity contribution in [3.63, 3.8) is 0 Å². The molecule has 1 aromatic carbocycles. The van der Waals surface area contributed by atoms with Crippen LogP contribution in [0.25, 0.3) is 0 Å². The van der Waals surface area contributed by atoms with Crippen molar-refractivity contribution in [1.29, 1.82) is 0 Å². The van der Waals surface area contributed by atoms with Crippen molar-refractivity contribution in [2.75, 3.05) is 6.54 Å². The normalized spacial score (nSPS) is 19.2. The number of aromatic hydroxyl groups is 1. The largest absolute Gasteiger partial charge is 0.508 e. The van der Waals surface area contributed by atoms with Crippen LogP contribution in [0, 0.1) is 0 Å². The molecule has 18 heavy (non-hydrogen) atoms. The summed E-state index contributed by atoms with van der Waals surface area (Å²) in [5.74, 6) is -0.366. The second-order valence-corrected chi connectivity index (χ2v) is 4.58. The summed E-state index contributed by atoms with van der Waals surface area (Å²) in [6, 6.07) is 4.10. The highest BCUT2D eigenvalue weighted by atomic mass is 35.5. The molecule has 1 unspecified atom stereocenters. The zero-order chi connectivity index (χ0) is 13.1. The number of carbonyl (C=O) groups excluding carboxylic acids is 2. The van der Waals surface area contributed by atoms with Crippen LogP contribution in [0.15, 0.2) is 18.2 Å². The van der Waals surface area contributed by atoms with Gasteiger partial charge in [-0.1, -0.05) is 11.6 Å². The molecule has 1 aromatic rings. The molecule has 0 aliphatic carbocycles. The summed E-state index contributed by atoms with van der Waals surface area (Å²) in [5, 5.41) is 15.1. The van der Waals surface area contributed by atoms with E-state index in [2.05, 4.69) is 10.6 Å². The smallest absolute Gasteiger partial charge is 0.253 e. The van der Waals surface area contributed by atoms with Gasteiger partial charge >= 0.3 is 0 Å². The molecule has 1 fully saturated rings. The number of benzene rings is 1. The van der Waals surface area contributed by atoms with E-state index in [-0.39, 0.29) is 34.2 Å². The van der Waals surface area contributed by atoms with Crippen LogP contribution in [0.4, 0.5) is 0 Å². The number of carbonyl (C=O) groups is 2. The Labute approximate surface area is 109 Å². The van der Waals surface area contributed by atoms with Crippen LogP contribution in [-0.4, -0.2) is 29.5 Å². The molecule has 5 nitrogen and oxygen atoms in total. The summed E-state index contributed by atoms with van der Waals surface area (Å²) < 4.78 is 0. The molecular formula is C12H13ClN2O3. The van der Waals surface area contributed by atoms with Crippen LogP contribution < -0.4 is 10.6 Å². The first-order chi connectivity index (χ1) is 8.56. The van der Waals surface area contributed by atoms with Gasteiger partial charge in [-0.3, -0.25) is 9.59 Å². The van der Waals surface area contributed by atoms with Crippen LogP contribution in [-0.2, 0) is 4.79 Å². The van der Waals surface area contributed by atoms with Gasteiger partial charge < -0.3 is 15.7 Å². The number of amides is 2. The fourth-order valence-corrected chi connectivity index (χ4v) is 2.01. The van der Waals surface area contributed by atoms with E-state index >= 15 is 0 Å². The predicted octanol–water partition coefficient (Wildman–Crippen LogP) is 1.05. The van der Waals surface area contributed by atoms with Crippen molar-refractivity contribution in [3.05, 3.63) is 28.8 Å². The average Bonchev–Trinajstić information content (AvgIpc) is 2.35. The van der Waals surface area contributed by atoms with Crippen molar-refractivity contribution in [2.24, 2.45) is 0 Å². The maximum Gasteiger partial charge on any atom is 0.253 e. The first-order valence-electron chi connectivity index (χ1n) is 5.62. The number of hydrogen-bond donors (Lipinski definition) is 3.